The molecule has 3 fully saturated rings. The van der Waals surface area contributed by atoms with Crippen molar-refractivity contribution in [2.75, 3.05) is 32.7 Å². The first kappa shape index (κ1) is 21.7. The quantitative estimate of drug-likeness (QED) is 0.760. The summed E-state index contributed by atoms with van der Waals surface area (Å²) in [5.41, 5.74) is 1.11. The van der Waals surface area contributed by atoms with Crippen molar-refractivity contribution in [3.05, 3.63) is 34.2 Å². The Labute approximate surface area is 190 Å². The third-order valence-electron chi connectivity index (χ3n) is 8.19. The molecule has 7 nitrogen and oxygen atoms in total. The molecule has 0 aliphatic carbocycles. The lowest BCUT2D eigenvalue weighted by molar-refractivity contribution is -0.136. The molecule has 0 spiro atoms. The van der Waals surface area contributed by atoms with Crippen molar-refractivity contribution in [1.29, 1.82) is 0 Å². The van der Waals surface area contributed by atoms with Crippen molar-refractivity contribution in [3.63, 3.8) is 0 Å². The predicted octanol–water partition coefficient (Wildman–Crippen LogP) is 1.95. The van der Waals surface area contributed by atoms with Crippen molar-refractivity contribution in [1.82, 2.24) is 19.7 Å². The van der Waals surface area contributed by atoms with E-state index in [1.165, 1.54) is 45.2 Å². The number of nitrogens with zero attached hydrogens (tertiary/aromatic N) is 3. The van der Waals surface area contributed by atoms with Crippen LogP contribution in [-0.4, -0.2) is 64.9 Å². The van der Waals surface area contributed by atoms with E-state index in [2.05, 4.69) is 10.2 Å². The Balaban J connectivity index is 1.10. The molecule has 1 aromatic heterocycles. The number of carbonyl (C=O) groups excluding carboxylic acids is 2. The van der Waals surface area contributed by atoms with E-state index >= 15 is 0 Å². The molecule has 1 aromatic rings. The summed E-state index contributed by atoms with van der Waals surface area (Å²) in [6.45, 7) is 5.20. The molecule has 2 amide bonds. The lowest BCUT2D eigenvalue weighted by Crippen LogP contribution is -2.51. The van der Waals surface area contributed by atoms with E-state index in [1.54, 1.807) is 6.07 Å². The van der Waals surface area contributed by atoms with Gasteiger partial charge in [0.15, 0.2) is 0 Å². The second kappa shape index (κ2) is 9.38. The monoisotopic (exact) mass is 440 g/mol. The largest absolute Gasteiger partial charge is 0.356 e. The van der Waals surface area contributed by atoms with Crippen LogP contribution in [0.4, 0.5) is 0 Å². The average Bonchev–Trinajstić information content (AvgIpc) is 2.81. The molecule has 174 valence electrons. The molecule has 4 aliphatic rings. The number of hydrogen-bond donors (Lipinski definition) is 1. The van der Waals surface area contributed by atoms with Crippen molar-refractivity contribution in [2.45, 2.75) is 69.9 Å². The van der Waals surface area contributed by atoms with Crippen molar-refractivity contribution >= 4 is 11.8 Å². The normalized spacial score (nSPS) is 29.7. The van der Waals surface area contributed by atoms with Gasteiger partial charge in [0.05, 0.1) is 0 Å². The van der Waals surface area contributed by atoms with Crippen LogP contribution in [0.15, 0.2) is 23.0 Å². The van der Waals surface area contributed by atoms with Gasteiger partial charge >= 0.3 is 0 Å². The number of rotatable bonds is 5. The van der Waals surface area contributed by atoms with Gasteiger partial charge in [0.1, 0.15) is 0 Å². The van der Waals surface area contributed by atoms with E-state index in [-0.39, 0.29) is 36.1 Å². The van der Waals surface area contributed by atoms with E-state index in [0.29, 0.717) is 37.5 Å². The first-order valence-corrected chi connectivity index (χ1v) is 12.6. The van der Waals surface area contributed by atoms with Crippen LogP contribution in [-0.2, 0) is 16.1 Å². The van der Waals surface area contributed by atoms with Crippen LogP contribution in [0.5, 0.6) is 0 Å². The summed E-state index contributed by atoms with van der Waals surface area (Å²) in [6.07, 6.45) is 7.85. The standard InChI is InChI=1S/C25H36N4O3/c30-23(26-14-19-5-4-12-27-11-2-1-6-21(19)27)9-10-24(31)28-15-18-13-20(17-28)22-7-3-8-25(32)29(22)16-18/h3,7-8,18-21H,1-2,4-6,9-17H2,(H,26,30). The summed E-state index contributed by atoms with van der Waals surface area (Å²) in [4.78, 5) is 42.1. The zero-order valence-corrected chi connectivity index (χ0v) is 19.0. The Morgan fingerprint density at radius 2 is 1.88 bits per heavy atom. The van der Waals surface area contributed by atoms with E-state index < -0.39 is 0 Å². The molecular formula is C25H36N4O3. The molecule has 32 heavy (non-hydrogen) atoms. The first-order valence-electron chi connectivity index (χ1n) is 12.6. The Bertz CT molecular complexity index is 911. The maximum atomic E-state index is 12.9. The second-order valence-corrected chi connectivity index (χ2v) is 10.3. The van der Waals surface area contributed by atoms with Crippen LogP contribution in [0.1, 0.15) is 63.0 Å². The molecule has 5 rings (SSSR count). The summed E-state index contributed by atoms with van der Waals surface area (Å²) in [7, 11) is 0. The van der Waals surface area contributed by atoms with Crippen molar-refractivity contribution in [2.24, 2.45) is 11.8 Å². The molecule has 0 saturated carbocycles. The third kappa shape index (κ3) is 4.49. The molecule has 5 heterocycles. The minimum atomic E-state index is 0.000356. The number of aromatic nitrogens is 1. The predicted molar refractivity (Wildman–Crippen MR) is 122 cm³/mol. The fraction of sp³-hybridized carbons (Fsp3) is 0.720. The Kier molecular flexibility index (Phi) is 6.35. The number of amides is 2. The number of hydrogen-bond acceptors (Lipinski definition) is 4. The molecule has 3 saturated heterocycles. The zero-order chi connectivity index (χ0) is 22.1. The molecule has 1 N–H and O–H groups in total. The third-order valence-corrected chi connectivity index (χ3v) is 8.19. The number of piperidine rings is 3. The maximum Gasteiger partial charge on any atom is 0.250 e. The highest BCUT2D eigenvalue weighted by molar-refractivity contribution is 5.83. The van der Waals surface area contributed by atoms with Crippen molar-refractivity contribution < 1.29 is 9.59 Å². The summed E-state index contributed by atoms with van der Waals surface area (Å²) >= 11 is 0. The van der Waals surface area contributed by atoms with Crippen LogP contribution in [0.3, 0.4) is 0 Å². The van der Waals surface area contributed by atoms with Gasteiger partial charge < -0.3 is 19.7 Å². The topological polar surface area (TPSA) is 74.6 Å². The molecule has 4 unspecified atom stereocenters. The fourth-order valence-corrected chi connectivity index (χ4v) is 6.63. The summed E-state index contributed by atoms with van der Waals surface area (Å²) in [5, 5.41) is 3.13. The molecule has 7 heteroatoms. The van der Waals surface area contributed by atoms with E-state index in [1.807, 2.05) is 21.6 Å². The first-order chi connectivity index (χ1) is 15.6. The molecule has 2 bridgehead atoms. The van der Waals surface area contributed by atoms with Crippen LogP contribution in [0, 0.1) is 11.8 Å². The van der Waals surface area contributed by atoms with Gasteiger partial charge in [-0.3, -0.25) is 14.4 Å². The van der Waals surface area contributed by atoms with Crippen LogP contribution in [0.2, 0.25) is 0 Å². The SMILES string of the molecule is O=C(CCC(=O)N1CC2CC(C1)c1cccc(=O)n1C2)NCC1CCCN2CCCCC12. The summed E-state index contributed by atoms with van der Waals surface area (Å²) < 4.78 is 1.88. The summed E-state index contributed by atoms with van der Waals surface area (Å²) in [6, 6.07) is 6.08. The second-order valence-electron chi connectivity index (χ2n) is 10.3. The van der Waals surface area contributed by atoms with E-state index in [9.17, 15) is 14.4 Å². The Morgan fingerprint density at radius 1 is 1.00 bits per heavy atom. The number of likely N-dealkylation sites (tertiary alicyclic amines) is 1. The maximum absolute atomic E-state index is 12.9. The highest BCUT2D eigenvalue weighted by Crippen LogP contribution is 2.35. The lowest BCUT2D eigenvalue weighted by atomic mass is 9.83. The zero-order valence-electron chi connectivity index (χ0n) is 19.0. The Morgan fingerprint density at radius 3 is 2.78 bits per heavy atom. The van der Waals surface area contributed by atoms with Crippen LogP contribution < -0.4 is 10.9 Å². The Hall–Kier alpha value is -2.15. The average molecular weight is 441 g/mol. The molecular weight excluding hydrogens is 404 g/mol. The smallest absolute Gasteiger partial charge is 0.250 e. The highest BCUT2D eigenvalue weighted by Gasteiger charge is 2.36. The van der Waals surface area contributed by atoms with Gasteiger partial charge in [0.2, 0.25) is 11.8 Å². The van der Waals surface area contributed by atoms with Gasteiger partial charge in [0, 0.05) is 62.7 Å². The van der Waals surface area contributed by atoms with Gasteiger partial charge in [-0.2, -0.15) is 0 Å². The fourth-order valence-electron chi connectivity index (χ4n) is 6.63. The van der Waals surface area contributed by atoms with Gasteiger partial charge in [-0.25, -0.2) is 0 Å². The van der Waals surface area contributed by atoms with Gasteiger partial charge in [0.25, 0.3) is 5.56 Å². The molecule has 0 aromatic carbocycles. The van der Waals surface area contributed by atoms with Crippen molar-refractivity contribution in [3.8, 4) is 0 Å². The van der Waals surface area contributed by atoms with E-state index in [0.717, 1.165) is 18.7 Å². The number of carbonyl (C=O) groups is 2. The number of fused-ring (bicyclic) bond motifs is 5. The summed E-state index contributed by atoms with van der Waals surface area (Å²) in [5.74, 6) is 1.16. The lowest BCUT2D eigenvalue weighted by Gasteiger charge is -2.44. The minimum absolute atomic E-state index is 0.000356. The molecule has 0 radical (unpaired) electrons. The van der Waals surface area contributed by atoms with Crippen LogP contribution >= 0.6 is 0 Å². The minimum Gasteiger partial charge on any atom is -0.356 e. The molecule has 4 aliphatic heterocycles. The van der Waals surface area contributed by atoms with Gasteiger partial charge in [-0.05, 0) is 63.1 Å². The van der Waals surface area contributed by atoms with Crippen LogP contribution in [0.25, 0.3) is 0 Å². The van der Waals surface area contributed by atoms with Gasteiger partial charge in [-0.15, -0.1) is 0 Å². The van der Waals surface area contributed by atoms with Gasteiger partial charge in [-0.1, -0.05) is 12.5 Å². The highest BCUT2D eigenvalue weighted by atomic mass is 16.2. The van der Waals surface area contributed by atoms with E-state index in [4.69, 9.17) is 0 Å². The number of pyridine rings is 1. The number of nitrogens with one attached hydrogen (secondary N) is 1. The molecule has 4 atom stereocenters.